The van der Waals surface area contributed by atoms with Crippen LogP contribution in [0.2, 0.25) is 0 Å². The summed E-state index contributed by atoms with van der Waals surface area (Å²) >= 11 is 0. The van der Waals surface area contributed by atoms with Gasteiger partial charge in [0.15, 0.2) is 0 Å². The van der Waals surface area contributed by atoms with Crippen molar-refractivity contribution in [2.75, 3.05) is 0 Å². The van der Waals surface area contributed by atoms with Crippen LogP contribution in [-0.2, 0) is 0 Å². The first-order valence-corrected chi connectivity index (χ1v) is 6.92. The number of hydrogen-bond acceptors (Lipinski definition) is 0. The highest BCUT2D eigenvalue weighted by molar-refractivity contribution is 7.19. The third-order valence-electron chi connectivity index (χ3n) is 4.40. The number of hydrogen-bond donors (Lipinski definition) is 0. The van der Waals surface area contributed by atoms with Gasteiger partial charge in [-0.05, 0) is 42.7 Å². The Kier molecular flexibility index (Phi) is 6.30. The van der Waals surface area contributed by atoms with Crippen LogP contribution in [0.4, 0.5) is 0 Å². The monoisotopic (exact) mass is 216 g/mol. The molecule has 0 nitrogen and oxygen atoms in total. The van der Waals surface area contributed by atoms with Crippen LogP contribution in [0.5, 0.6) is 0 Å². The van der Waals surface area contributed by atoms with Gasteiger partial charge in [-0.15, -0.1) is 9.24 Å². The fourth-order valence-electron chi connectivity index (χ4n) is 3.04. The lowest BCUT2D eigenvalue weighted by Gasteiger charge is -2.48. The summed E-state index contributed by atoms with van der Waals surface area (Å²) in [7, 11) is 3.18. The van der Waals surface area contributed by atoms with E-state index in [1.165, 1.54) is 38.5 Å². The van der Waals surface area contributed by atoms with Gasteiger partial charge in [-0.2, -0.15) is 0 Å². The maximum Gasteiger partial charge on any atom is -0.00994 e. The molecule has 1 atom stereocenters. The van der Waals surface area contributed by atoms with E-state index in [2.05, 4.69) is 43.9 Å². The van der Waals surface area contributed by atoms with E-state index in [1.54, 1.807) is 0 Å². The van der Waals surface area contributed by atoms with Crippen LogP contribution >= 0.6 is 9.24 Å². The zero-order chi connectivity index (χ0) is 11.2. The molecule has 0 rings (SSSR count). The van der Waals surface area contributed by atoms with E-state index < -0.39 is 0 Å². The Bertz CT molecular complexity index is 143. The quantitative estimate of drug-likeness (QED) is 0.524. The molecule has 0 heterocycles. The molecule has 0 aliphatic heterocycles. The molecular formula is C13H29P. The van der Waals surface area contributed by atoms with Gasteiger partial charge in [0.05, 0.1) is 0 Å². The van der Waals surface area contributed by atoms with Crippen LogP contribution in [0, 0.1) is 5.41 Å². The molecule has 1 heteroatoms. The normalized spacial score (nSPS) is 13.3. The molecular weight excluding hydrogens is 187 g/mol. The van der Waals surface area contributed by atoms with Crippen molar-refractivity contribution in [2.24, 2.45) is 5.41 Å². The van der Waals surface area contributed by atoms with Crippen molar-refractivity contribution in [3.05, 3.63) is 0 Å². The molecule has 0 saturated carbocycles. The van der Waals surface area contributed by atoms with Gasteiger partial charge >= 0.3 is 0 Å². The van der Waals surface area contributed by atoms with Crippen LogP contribution in [0.25, 0.3) is 0 Å². The van der Waals surface area contributed by atoms with Crippen molar-refractivity contribution in [3.8, 4) is 0 Å². The van der Waals surface area contributed by atoms with Crippen molar-refractivity contribution in [1.82, 2.24) is 0 Å². The minimum absolute atomic E-state index is 0.465. The zero-order valence-electron chi connectivity index (χ0n) is 10.8. The first kappa shape index (κ1) is 14.4. The fourth-order valence-corrected chi connectivity index (χ4v) is 3.59. The Morgan fingerprint density at radius 1 is 0.786 bits per heavy atom. The molecule has 0 N–H and O–H groups in total. The minimum Gasteiger partial charge on any atom is -0.131 e. The van der Waals surface area contributed by atoms with Crippen molar-refractivity contribution >= 4 is 9.24 Å². The van der Waals surface area contributed by atoms with Crippen LogP contribution in [0.3, 0.4) is 0 Å². The SMILES string of the molecule is CCCC(CC)(CC)C(P)(CC)CC. The Balaban J connectivity index is 4.92. The molecule has 0 aromatic heterocycles. The molecule has 0 spiro atoms. The largest absolute Gasteiger partial charge is 0.131 e. The standard InChI is InChI=1S/C13H29P/c1-6-11-12(7-2,8-3)13(14,9-4)10-5/h6-11,14H2,1-5H3. The van der Waals surface area contributed by atoms with E-state index in [-0.39, 0.29) is 0 Å². The van der Waals surface area contributed by atoms with E-state index >= 15 is 0 Å². The average Bonchev–Trinajstić information content (AvgIpc) is 2.24. The molecule has 0 saturated heterocycles. The first-order chi connectivity index (χ1) is 6.55. The molecule has 0 fully saturated rings. The van der Waals surface area contributed by atoms with Crippen molar-refractivity contribution in [3.63, 3.8) is 0 Å². The Labute approximate surface area is 93.4 Å². The third kappa shape index (κ3) is 2.51. The summed E-state index contributed by atoms with van der Waals surface area (Å²) in [4.78, 5) is 0. The molecule has 1 unspecified atom stereocenters. The summed E-state index contributed by atoms with van der Waals surface area (Å²) in [5.74, 6) is 0. The Morgan fingerprint density at radius 3 is 1.43 bits per heavy atom. The molecule has 86 valence electrons. The third-order valence-corrected chi connectivity index (χ3v) is 5.83. The molecule has 0 aliphatic carbocycles. The van der Waals surface area contributed by atoms with Gasteiger partial charge in [-0.25, -0.2) is 0 Å². The Morgan fingerprint density at radius 2 is 1.21 bits per heavy atom. The van der Waals surface area contributed by atoms with Gasteiger partial charge < -0.3 is 0 Å². The number of rotatable bonds is 7. The van der Waals surface area contributed by atoms with E-state index in [4.69, 9.17) is 0 Å². The lowest BCUT2D eigenvalue weighted by molar-refractivity contribution is 0.146. The van der Waals surface area contributed by atoms with Gasteiger partial charge in [0.2, 0.25) is 0 Å². The first-order valence-electron chi connectivity index (χ1n) is 6.34. The summed E-state index contributed by atoms with van der Waals surface area (Å²) in [6.07, 6.45) is 7.92. The summed E-state index contributed by atoms with van der Waals surface area (Å²) in [6.45, 7) is 11.7. The molecule has 0 aromatic rings. The van der Waals surface area contributed by atoms with Crippen molar-refractivity contribution in [2.45, 2.75) is 78.3 Å². The van der Waals surface area contributed by atoms with Crippen LogP contribution < -0.4 is 0 Å². The second-order valence-corrected chi connectivity index (χ2v) is 5.71. The van der Waals surface area contributed by atoms with Crippen LogP contribution in [0.1, 0.15) is 73.1 Å². The van der Waals surface area contributed by atoms with Crippen molar-refractivity contribution in [1.29, 1.82) is 0 Å². The highest BCUT2D eigenvalue weighted by Gasteiger charge is 2.42. The smallest absolute Gasteiger partial charge is 0.00994 e. The van der Waals surface area contributed by atoms with E-state index in [0.29, 0.717) is 10.6 Å². The highest BCUT2D eigenvalue weighted by atomic mass is 31.0. The Hall–Kier alpha value is 0.430. The van der Waals surface area contributed by atoms with E-state index in [0.717, 1.165) is 0 Å². The summed E-state index contributed by atoms with van der Waals surface area (Å²) in [5.41, 5.74) is 0.552. The van der Waals surface area contributed by atoms with E-state index in [1.807, 2.05) is 0 Å². The summed E-state index contributed by atoms with van der Waals surface area (Å²) in [6, 6.07) is 0. The highest BCUT2D eigenvalue weighted by Crippen LogP contribution is 2.51. The zero-order valence-corrected chi connectivity index (χ0v) is 12.0. The predicted molar refractivity (Wildman–Crippen MR) is 70.9 cm³/mol. The maximum absolute atomic E-state index is 3.18. The minimum atomic E-state index is 0.465. The van der Waals surface area contributed by atoms with Gasteiger partial charge in [-0.1, -0.05) is 41.0 Å². The summed E-state index contributed by atoms with van der Waals surface area (Å²) in [5, 5.41) is 0.465. The van der Waals surface area contributed by atoms with Crippen LogP contribution in [-0.4, -0.2) is 5.16 Å². The van der Waals surface area contributed by atoms with Crippen LogP contribution in [0.15, 0.2) is 0 Å². The second-order valence-electron chi connectivity index (χ2n) is 4.60. The summed E-state index contributed by atoms with van der Waals surface area (Å²) < 4.78 is 0. The average molecular weight is 216 g/mol. The molecule has 0 bridgehead atoms. The molecule has 14 heavy (non-hydrogen) atoms. The lowest BCUT2D eigenvalue weighted by Crippen LogP contribution is -2.41. The lowest BCUT2D eigenvalue weighted by atomic mass is 9.65. The predicted octanol–water partition coefficient (Wildman–Crippen LogP) is 5.03. The van der Waals surface area contributed by atoms with Gasteiger partial charge in [0.1, 0.15) is 0 Å². The van der Waals surface area contributed by atoms with Gasteiger partial charge in [0.25, 0.3) is 0 Å². The molecule has 0 aromatic carbocycles. The second kappa shape index (κ2) is 6.11. The molecule has 0 aliphatic rings. The van der Waals surface area contributed by atoms with Gasteiger partial charge in [-0.3, -0.25) is 0 Å². The molecule has 0 amide bonds. The van der Waals surface area contributed by atoms with E-state index in [9.17, 15) is 0 Å². The topological polar surface area (TPSA) is 0 Å². The fraction of sp³-hybridized carbons (Fsp3) is 1.00. The molecule has 0 radical (unpaired) electrons. The maximum atomic E-state index is 3.18. The van der Waals surface area contributed by atoms with Gasteiger partial charge in [0, 0.05) is 0 Å². The van der Waals surface area contributed by atoms with Crippen molar-refractivity contribution < 1.29 is 0 Å².